The van der Waals surface area contributed by atoms with E-state index in [2.05, 4.69) is 4.98 Å². The Balaban J connectivity index is 2.45. The molecule has 3 nitrogen and oxygen atoms in total. The molecule has 0 atom stereocenters. The van der Waals surface area contributed by atoms with Gasteiger partial charge in [-0.1, -0.05) is 6.92 Å². The summed E-state index contributed by atoms with van der Waals surface area (Å²) in [5.41, 5.74) is 6.77. The molecule has 0 amide bonds. The Morgan fingerprint density at radius 2 is 2.06 bits per heavy atom. The van der Waals surface area contributed by atoms with Gasteiger partial charge >= 0.3 is 6.18 Å². The first-order chi connectivity index (χ1) is 7.90. The van der Waals surface area contributed by atoms with Crippen LogP contribution in [-0.4, -0.2) is 35.7 Å². The Kier molecular flexibility index (Phi) is 4.74. The molecule has 1 rings (SSSR count). The Morgan fingerprint density at radius 3 is 2.53 bits per heavy atom. The van der Waals surface area contributed by atoms with Crippen molar-refractivity contribution >= 4 is 5.69 Å². The van der Waals surface area contributed by atoms with Gasteiger partial charge in [-0.15, -0.1) is 0 Å². The van der Waals surface area contributed by atoms with Gasteiger partial charge in [0.15, 0.2) is 0 Å². The van der Waals surface area contributed by atoms with E-state index in [1.807, 2.05) is 0 Å². The van der Waals surface area contributed by atoms with E-state index in [0.29, 0.717) is 25.2 Å². The number of hydrogen-bond donors (Lipinski definition) is 1. The van der Waals surface area contributed by atoms with Gasteiger partial charge in [-0.25, -0.2) is 0 Å². The summed E-state index contributed by atoms with van der Waals surface area (Å²) in [6, 6.07) is 3.43. The van der Waals surface area contributed by atoms with E-state index in [9.17, 15) is 13.2 Å². The molecule has 2 N–H and O–H groups in total. The quantitative estimate of drug-likeness (QED) is 0.866. The smallest absolute Gasteiger partial charge is 0.397 e. The van der Waals surface area contributed by atoms with Crippen molar-refractivity contribution in [3.8, 4) is 0 Å². The Bertz CT molecular complexity index is 335. The van der Waals surface area contributed by atoms with Crippen LogP contribution in [0, 0.1) is 0 Å². The molecule has 0 saturated heterocycles. The topological polar surface area (TPSA) is 42.1 Å². The standard InChI is InChI=1S/C11H16F3N3/c1-2-17(8-11(12,13)14)6-5-10-4-3-9(15)7-16-10/h3-4,7H,2,5-6,8,15H2,1H3. The van der Waals surface area contributed by atoms with Crippen LogP contribution in [0.2, 0.25) is 0 Å². The van der Waals surface area contributed by atoms with Crippen molar-refractivity contribution in [3.05, 3.63) is 24.0 Å². The second kappa shape index (κ2) is 5.86. The fourth-order valence-electron chi connectivity index (χ4n) is 1.46. The molecule has 0 fully saturated rings. The second-order valence-corrected chi connectivity index (χ2v) is 3.82. The van der Waals surface area contributed by atoms with Crippen molar-refractivity contribution in [1.29, 1.82) is 0 Å². The maximum absolute atomic E-state index is 12.2. The van der Waals surface area contributed by atoms with E-state index in [1.54, 1.807) is 19.1 Å². The number of rotatable bonds is 5. The molecule has 0 unspecified atom stereocenters. The van der Waals surface area contributed by atoms with Crippen LogP contribution in [0.25, 0.3) is 0 Å². The zero-order chi connectivity index (χ0) is 12.9. The maximum atomic E-state index is 12.2. The number of aromatic nitrogens is 1. The molecule has 1 heterocycles. The lowest BCUT2D eigenvalue weighted by atomic mass is 10.2. The van der Waals surface area contributed by atoms with Crippen molar-refractivity contribution in [3.63, 3.8) is 0 Å². The van der Waals surface area contributed by atoms with Gasteiger partial charge in [0.1, 0.15) is 0 Å². The molecule has 0 radical (unpaired) electrons. The minimum absolute atomic E-state index is 0.340. The third-order valence-corrected chi connectivity index (χ3v) is 2.38. The van der Waals surface area contributed by atoms with Crippen LogP contribution in [0.3, 0.4) is 0 Å². The van der Waals surface area contributed by atoms with Gasteiger partial charge in [0, 0.05) is 18.7 Å². The van der Waals surface area contributed by atoms with E-state index >= 15 is 0 Å². The summed E-state index contributed by atoms with van der Waals surface area (Å²) in [5, 5.41) is 0. The zero-order valence-electron chi connectivity index (χ0n) is 9.67. The summed E-state index contributed by atoms with van der Waals surface area (Å²) >= 11 is 0. The SMILES string of the molecule is CCN(CCc1ccc(N)cn1)CC(F)(F)F. The fraction of sp³-hybridized carbons (Fsp3) is 0.545. The van der Waals surface area contributed by atoms with E-state index in [0.717, 1.165) is 5.69 Å². The summed E-state index contributed by atoms with van der Waals surface area (Å²) in [4.78, 5) is 5.39. The lowest BCUT2D eigenvalue weighted by molar-refractivity contribution is -0.145. The van der Waals surface area contributed by atoms with E-state index < -0.39 is 12.7 Å². The minimum atomic E-state index is -4.15. The van der Waals surface area contributed by atoms with Crippen LogP contribution < -0.4 is 5.73 Å². The number of hydrogen-bond acceptors (Lipinski definition) is 3. The molecule has 0 aliphatic rings. The van der Waals surface area contributed by atoms with E-state index in [-0.39, 0.29) is 0 Å². The van der Waals surface area contributed by atoms with Crippen LogP contribution in [0.1, 0.15) is 12.6 Å². The first kappa shape index (κ1) is 13.8. The Hall–Kier alpha value is -1.30. The summed E-state index contributed by atoms with van der Waals surface area (Å²) in [5.74, 6) is 0. The highest BCUT2D eigenvalue weighted by atomic mass is 19.4. The van der Waals surface area contributed by atoms with E-state index in [1.165, 1.54) is 11.1 Å². The molecule has 96 valence electrons. The normalized spacial score (nSPS) is 12.1. The number of halogens is 3. The van der Waals surface area contributed by atoms with Gasteiger partial charge in [0.2, 0.25) is 0 Å². The lowest BCUT2D eigenvalue weighted by Crippen LogP contribution is -2.35. The molecule has 1 aromatic heterocycles. The van der Waals surface area contributed by atoms with Crippen LogP contribution in [0.15, 0.2) is 18.3 Å². The van der Waals surface area contributed by atoms with Crippen molar-refractivity contribution < 1.29 is 13.2 Å². The number of pyridine rings is 1. The molecular formula is C11H16F3N3. The number of nitrogen functional groups attached to an aromatic ring is 1. The third kappa shape index (κ3) is 5.53. The number of alkyl halides is 3. The average Bonchev–Trinajstić information content (AvgIpc) is 2.25. The summed E-state index contributed by atoms with van der Waals surface area (Å²) in [6.07, 6.45) is -2.15. The fourth-order valence-corrected chi connectivity index (χ4v) is 1.46. The molecular weight excluding hydrogens is 231 g/mol. The molecule has 1 aromatic rings. The van der Waals surface area contributed by atoms with Crippen LogP contribution in [0.5, 0.6) is 0 Å². The highest BCUT2D eigenvalue weighted by molar-refractivity contribution is 5.34. The van der Waals surface area contributed by atoms with E-state index in [4.69, 9.17) is 5.73 Å². The zero-order valence-corrected chi connectivity index (χ0v) is 9.67. The maximum Gasteiger partial charge on any atom is 0.401 e. The first-order valence-corrected chi connectivity index (χ1v) is 5.40. The summed E-state index contributed by atoms with van der Waals surface area (Å²) < 4.78 is 36.6. The largest absolute Gasteiger partial charge is 0.401 e. The number of likely N-dealkylation sites (N-methyl/N-ethyl adjacent to an activating group) is 1. The molecule has 17 heavy (non-hydrogen) atoms. The van der Waals surface area contributed by atoms with Gasteiger partial charge in [0.25, 0.3) is 0 Å². The second-order valence-electron chi connectivity index (χ2n) is 3.82. The van der Waals surface area contributed by atoms with Gasteiger partial charge in [-0.05, 0) is 18.7 Å². The number of nitrogens with zero attached hydrogens (tertiary/aromatic N) is 2. The molecule has 0 saturated carbocycles. The predicted octanol–water partition coefficient (Wildman–Crippen LogP) is 2.09. The molecule has 0 spiro atoms. The molecule has 0 aliphatic heterocycles. The van der Waals surface area contributed by atoms with Crippen molar-refractivity contribution in [1.82, 2.24) is 9.88 Å². The Morgan fingerprint density at radius 1 is 1.35 bits per heavy atom. The summed E-state index contributed by atoms with van der Waals surface area (Å²) in [6.45, 7) is 1.54. The summed E-state index contributed by atoms with van der Waals surface area (Å²) in [7, 11) is 0. The highest BCUT2D eigenvalue weighted by Crippen LogP contribution is 2.16. The minimum Gasteiger partial charge on any atom is -0.397 e. The molecule has 0 bridgehead atoms. The number of nitrogens with two attached hydrogens (primary N) is 1. The predicted molar refractivity (Wildman–Crippen MR) is 60.5 cm³/mol. The van der Waals surface area contributed by atoms with Crippen LogP contribution >= 0.6 is 0 Å². The van der Waals surface area contributed by atoms with Crippen LogP contribution in [-0.2, 0) is 6.42 Å². The molecule has 0 aliphatic carbocycles. The van der Waals surface area contributed by atoms with Gasteiger partial charge in [-0.3, -0.25) is 9.88 Å². The Labute approximate surface area is 98.4 Å². The third-order valence-electron chi connectivity index (χ3n) is 2.38. The van der Waals surface area contributed by atoms with Crippen molar-refractivity contribution in [2.45, 2.75) is 19.5 Å². The lowest BCUT2D eigenvalue weighted by Gasteiger charge is -2.21. The van der Waals surface area contributed by atoms with Gasteiger partial charge in [0.05, 0.1) is 18.4 Å². The average molecular weight is 247 g/mol. The molecule has 6 heteroatoms. The van der Waals surface area contributed by atoms with Gasteiger partial charge in [-0.2, -0.15) is 13.2 Å². The highest BCUT2D eigenvalue weighted by Gasteiger charge is 2.29. The van der Waals surface area contributed by atoms with Crippen LogP contribution in [0.4, 0.5) is 18.9 Å². The van der Waals surface area contributed by atoms with Crippen molar-refractivity contribution in [2.24, 2.45) is 0 Å². The monoisotopic (exact) mass is 247 g/mol. The first-order valence-electron chi connectivity index (χ1n) is 5.40. The number of anilines is 1. The van der Waals surface area contributed by atoms with Crippen molar-refractivity contribution in [2.75, 3.05) is 25.4 Å². The molecule has 0 aromatic carbocycles. The van der Waals surface area contributed by atoms with Gasteiger partial charge < -0.3 is 5.73 Å².